The van der Waals surface area contributed by atoms with Gasteiger partial charge in [-0.15, -0.1) is 0 Å². The quantitative estimate of drug-likeness (QED) is 0.796. The highest BCUT2D eigenvalue weighted by Crippen LogP contribution is 2.30. The second-order valence-corrected chi connectivity index (χ2v) is 6.15. The fraction of sp³-hybridized carbons (Fsp3) is 0.278. The molecule has 0 atom stereocenters. The van der Waals surface area contributed by atoms with Crippen LogP contribution in [0.5, 0.6) is 0 Å². The first-order valence-electron chi connectivity index (χ1n) is 7.17. The van der Waals surface area contributed by atoms with E-state index in [2.05, 4.69) is 50.4 Å². The van der Waals surface area contributed by atoms with Crippen molar-refractivity contribution in [3.05, 3.63) is 58.7 Å². The summed E-state index contributed by atoms with van der Waals surface area (Å²) >= 11 is 5.06. The van der Waals surface area contributed by atoms with Crippen molar-refractivity contribution in [3.8, 4) is 0 Å². The Labute approximate surface area is 132 Å². The number of rotatable bonds is 4. The topological polar surface area (TPSA) is 38.0 Å². The van der Waals surface area contributed by atoms with Gasteiger partial charge in [0.1, 0.15) is 4.99 Å². The molecule has 0 radical (unpaired) electrons. The van der Waals surface area contributed by atoms with Crippen molar-refractivity contribution in [1.82, 2.24) is 0 Å². The van der Waals surface area contributed by atoms with Gasteiger partial charge in [0.2, 0.25) is 0 Å². The minimum Gasteiger partial charge on any atom is -0.389 e. The third kappa shape index (κ3) is 3.42. The lowest BCUT2D eigenvalue weighted by atomic mass is 9.98. The summed E-state index contributed by atoms with van der Waals surface area (Å²) in [6.07, 6.45) is 0. The SMILES string of the molecule is Cc1cc(Nc2c(C)cccc2C(C)C)ccc1C(N)=S. The van der Waals surface area contributed by atoms with Crippen molar-refractivity contribution in [2.24, 2.45) is 5.73 Å². The van der Waals surface area contributed by atoms with Crippen LogP contribution >= 0.6 is 12.2 Å². The highest BCUT2D eigenvalue weighted by atomic mass is 32.1. The van der Waals surface area contributed by atoms with Crippen LogP contribution in [0.1, 0.15) is 42.0 Å². The van der Waals surface area contributed by atoms with Crippen molar-refractivity contribution in [1.29, 1.82) is 0 Å². The van der Waals surface area contributed by atoms with E-state index in [1.54, 1.807) is 0 Å². The van der Waals surface area contributed by atoms with Crippen LogP contribution in [-0.4, -0.2) is 4.99 Å². The summed E-state index contributed by atoms with van der Waals surface area (Å²) in [7, 11) is 0. The summed E-state index contributed by atoms with van der Waals surface area (Å²) < 4.78 is 0. The minimum atomic E-state index is 0.442. The Hall–Kier alpha value is -1.87. The highest BCUT2D eigenvalue weighted by Gasteiger charge is 2.10. The van der Waals surface area contributed by atoms with E-state index >= 15 is 0 Å². The third-order valence-corrected chi connectivity index (χ3v) is 3.91. The lowest BCUT2D eigenvalue weighted by molar-refractivity contribution is 0.867. The molecule has 0 unspecified atom stereocenters. The van der Waals surface area contributed by atoms with Crippen molar-refractivity contribution in [2.75, 3.05) is 5.32 Å². The Morgan fingerprint density at radius 1 is 1.10 bits per heavy atom. The van der Waals surface area contributed by atoms with Crippen LogP contribution < -0.4 is 11.1 Å². The van der Waals surface area contributed by atoms with Gasteiger partial charge in [-0.3, -0.25) is 0 Å². The third-order valence-electron chi connectivity index (χ3n) is 3.69. The number of benzene rings is 2. The van der Waals surface area contributed by atoms with Gasteiger partial charge in [-0.25, -0.2) is 0 Å². The van der Waals surface area contributed by atoms with Gasteiger partial charge in [0.05, 0.1) is 0 Å². The van der Waals surface area contributed by atoms with E-state index in [-0.39, 0.29) is 0 Å². The van der Waals surface area contributed by atoms with E-state index in [0.29, 0.717) is 10.9 Å². The van der Waals surface area contributed by atoms with Crippen LogP contribution in [0.2, 0.25) is 0 Å². The summed E-state index contributed by atoms with van der Waals surface area (Å²) in [4.78, 5) is 0.442. The molecule has 0 fully saturated rings. The smallest absolute Gasteiger partial charge is 0.104 e. The number of anilines is 2. The van der Waals surface area contributed by atoms with Crippen LogP contribution in [0.15, 0.2) is 36.4 Å². The molecule has 0 aliphatic carbocycles. The summed E-state index contributed by atoms with van der Waals surface area (Å²) in [6, 6.07) is 12.5. The van der Waals surface area contributed by atoms with Gasteiger partial charge in [-0.2, -0.15) is 0 Å². The number of hydrogen-bond acceptors (Lipinski definition) is 2. The average molecular weight is 298 g/mol. The van der Waals surface area contributed by atoms with Gasteiger partial charge in [0.25, 0.3) is 0 Å². The van der Waals surface area contributed by atoms with E-state index in [9.17, 15) is 0 Å². The maximum Gasteiger partial charge on any atom is 0.104 e. The van der Waals surface area contributed by atoms with Gasteiger partial charge in [-0.05, 0) is 54.7 Å². The van der Waals surface area contributed by atoms with Crippen LogP contribution in [-0.2, 0) is 0 Å². The van der Waals surface area contributed by atoms with Gasteiger partial charge < -0.3 is 11.1 Å². The number of aryl methyl sites for hydroxylation is 2. The van der Waals surface area contributed by atoms with Crippen molar-refractivity contribution in [2.45, 2.75) is 33.6 Å². The molecule has 2 nitrogen and oxygen atoms in total. The number of thiocarbonyl (C=S) groups is 1. The lowest BCUT2D eigenvalue weighted by Crippen LogP contribution is -2.11. The van der Waals surface area contributed by atoms with Gasteiger partial charge in [0, 0.05) is 16.9 Å². The molecule has 0 amide bonds. The second-order valence-electron chi connectivity index (χ2n) is 5.71. The summed E-state index contributed by atoms with van der Waals surface area (Å²) in [6.45, 7) is 8.58. The van der Waals surface area contributed by atoms with Gasteiger partial charge >= 0.3 is 0 Å². The molecule has 0 saturated heterocycles. The number of nitrogens with one attached hydrogen (secondary N) is 1. The molecule has 0 aliphatic heterocycles. The van der Waals surface area contributed by atoms with Crippen molar-refractivity contribution in [3.63, 3.8) is 0 Å². The molecule has 2 aromatic rings. The van der Waals surface area contributed by atoms with Gasteiger partial charge in [0.15, 0.2) is 0 Å². The van der Waals surface area contributed by atoms with Crippen LogP contribution in [0.4, 0.5) is 11.4 Å². The van der Waals surface area contributed by atoms with Crippen LogP contribution in [0, 0.1) is 13.8 Å². The number of para-hydroxylation sites is 1. The summed E-state index contributed by atoms with van der Waals surface area (Å²) in [5.74, 6) is 0.476. The van der Waals surface area contributed by atoms with Crippen LogP contribution in [0.3, 0.4) is 0 Å². The molecule has 2 aromatic carbocycles. The summed E-state index contributed by atoms with van der Waals surface area (Å²) in [5.41, 5.74) is 12.6. The molecule has 110 valence electrons. The predicted octanol–water partition coefficient (Wildman–Crippen LogP) is 4.80. The Kier molecular flexibility index (Phi) is 4.63. The number of hydrogen-bond donors (Lipinski definition) is 2. The summed E-state index contributed by atoms with van der Waals surface area (Å²) in [5, 5.41) is 3.55. The zero-order valence-electron chi connectivity index (χ0n) is 13.0. The molecule has 3 N–H and O–H groups in total. The fourth-order valence-corrected chi connectivity index (χ4v) is 2.73. The van der Waals surface area contributed by atoms with Crippen molar-refractivity contribution >= 4 is 28.6 Å². The standard InChI is InChI=1S/C18H22N2S/c1-11(2)15-7-5-6-12(3)17(15)20-14-8-9-16(18(19)21)13(4)10-14/h5-11,20H,1-4H3,(H2,19,21). The van der Waals surface area contributed by atoms with E-state index in [1.165, 1.54) is 16.8 Å². The molecule has 0 heterocycles. The zero-order valence-corrected chi connectivity index (χ0v) is 13.8. The molecular formula is C18H22N2S. The molecule has 0 saturated carbocycles. The second kappa shape index (κ2) is 6.27. The Balaban J connectivity index is 2.39. The maximum absolute atomic E-state index is 5.72. The molecule has 2 rings (SSSR count). The predicted molar refractivity (Wildman–Crippen MR) is 95.6 cm³/mol. The Bertz CT molecular complexity index is 675. The minimum absolute atomic E-state index is 0.442. The Morgan fingerprint density at radius 3 is 2.38 bits per heavy atom. The van der Waals surface area contributed by atoms with Crippen LogP contribution in [0.25, 0.3) is 0 Å². The molecule has 0 bridgehead atoms. The molecule has 21 heavy (non-hydrogen) atoms. The fourth-order valence-electron chi connectivity index (χ4n) is 2.50. The molecule has 0 spiro atoms. The molecular weight excluding hydrogens is 276 g/mol. The zero-order chi connectivity index (χ0) is 15.6. The number of nitrogens with two attached hydrogens (primary N) is 1. The maximum atomic E-state index is 5.72. The Morgan fingerprint density at radius 2 is 1.81 bits per heavy atom. The highest BCUT2D eigenvalue weighted by molar-refractivity contribution is 7.80. The average Bonchev–Trinajstić information content (AvgIpc) is 2.40. The first-order valence-corrected chi connectivity index (χ1v) is 7.58. The van der Waals surface area contributed by atoms with E-state index in [1.807, 2.05) is 19.1 Å². The largest absolute Gasteiger partial charge is 0.389 e. The monoisotopic (exact) mass is 298 g/mol. The molecule has 3 heteroatoms. The van der Waals surface area contributed by atoms with E-state index < -0.39 is 0 Å². The molecule has 0 aliphatic rings. The first-order chi connectivity index (χ1) is 9.90. The van der Waals surface area contributed by atoms with E-state index in [0.717, 1.165) is 16.8 Å². The lowest BCUT2D eigenvalue weighted by Gasteiger charge is -2.18. The van der Waals surface area contributed by atoms with Gasteiger partial charge in [-0.1, -0.05) is 44.3 Å². The molecule has 0 aromatic heterocycles. The normalized spacial score (nSPS) is 10.7. The van der Waals surface area contributed by atoms with Crippen molar-refractivity contribution < 1.29 is 0 Å². The van der Waals surface area contributed by atoms with E-state index in [4.69, 9.17) is 18.0 Å². The first kappa shape index (κ1) is 15.5.